The van der Waals surface area contributed by atoms with Gasteiger partial charge in [-0.3, -0.25) is 5.10 Å². The first-order chi connectivity index (χ1) is 10.0. The van der Waals surface area contributed by atoms with Crippen molar-refractivity contribution in [1.29, 1.82) is 0 Å². The average molecular weight is 316 g/mol. The monoisotopic (exact) mass is 316 g/mol. The van der Waals surface area contributed by atoms with Crippen molar-refractivity contribution in [2.45, 2.75) is 44.3 Å². The number of rotatable bonds is 7. The molecular formula is C13H24N4O3S. The molecule has 8 heteroatoms. The molecule has 2 heterocycles. The molecule has 0 aromatic carbocycles. The first-order valence-corrected chi connectivity index (χ1v) is 8.86. The topological polar surface area (TPSA) is 96.1 Å². The van der Waals surface area contributed by atoms with Crippen LogP contribution in [0.4, 0.5) is 0 Å². The molecule has 1 aromatic rings. The van der Waals surface area contributed by atoms with Gasteiger partial charge in [0.05, 0.1) is 6.20 Å². The van der Waals surface area contributed by atoms with Crippen molar-refractivity contribution < 1.29 is 13.2 Å². The Morgan fingerprint density at radius 3 is 2.86 bits per heavy atom. The smallest absolute Gasteiger partial charge is 0.258 e. The van der Waals surface area contributed by atoms with E-state index in [1.165, 1.54) is 0 Å². The van der Waals surface area contributed by atoms with Crippen LogP contribution < -0.4 is 10.0 Å². The summed E-state index contributed by atoms with van der Waals surface area (Å²) in [6, 6.07) is -0.116. The van der Waals surface area contributed by atoms with E-state index in [0.29, 0.717) is 31.2 Å². The SMILES string of the molecule is CCNCc1cn[nH]c1S(=O)(=O)NC(C)C1CCOCC1. The normalized spacial score (nSPS) is 18.8. The third-order valence-electron chi connectivity index (χ3n) is 3.83. The molecule has 21 heavy (non-hydrogen) atoms. The Labute approximate surface area is 125 Å². The minimum absolute atomic E-state index is 0.116. The molecule has 1 fully saturated rings. The van der Waals surface area contributed by atoms with E-state index < -0.39 is 10.0 Å². The zero-order chi connectivity index (χ0) is 15.3. The van der Waals surface area contributed by atoms with Gasteiger partial charge in [-0.05, 0) is 32.2 Å². The van der Waals surface area contributed by atoms with E-state index in [1.807, 2.05) is 13.8 Å². The highest BCUT2D eigenvalue weighted by Gasteiger charge is 2.27. The first kappa shape index (κ1) is 16.4. The fourth-order valence-corrected chi connectivity index (χ4v) is 3.98. The third-order valence-corrected chi connectivity index (χ3v) is 5.40. The number of ether oxygens (including phenoxy) is 1. The van der Waals surface area contributed by atoms with Crippen LogP contribution in [0.5, 0.6) is 0 Å². The minimum atomic E-state index is -3.58. The lowest BCUT2D eigenvalue weighted by Gasteiger charge is -2.28. The quantitative estimate of drug-likeness (QED) is 0.685. The van der Waals surface area contributed by atoms with E-state index >= 15 is 0 Å². The lowest BCUT2D eigenvalue weighted by molar-refractivity contribution is 0.0585. The Kier molecular flexibility index (Phi) is 5.74. The maximum Gasteiger partial charge on any atom is 0.258 e. The largest absolute Gasteiger partial charge is 0.381 e. The standard InChI is InChI=1S/C13H24N4O3S/c1-3-14-8-12-9-15-16-13(12)21(18,19)17-10(2)11-4-6-20-7-5-11/h9-11,14,17H,3-8H2,1-2H3,(H,15,16). The Morgan fingerprint density at radius 2 is 2.19 bits per heavy atom. The fourth-order valence-electron chi connectivity index (χ4n) is 2.53. The van der Waals surface area contributed by atoms with Crippen LogP contribution >= 0.6 is 0 Å². The lowest BCUT2D eigenvalue weighted by Crippen LogP contribution is -2.40. The van der Waals surface area contributed by atoms with Crippen LogP contribution in [0.2, 0.25) is 0 Å². The number of nitrogens with zero attached hydrogens (tertiary/aromatic N) is 1. The second-order valence-corrected chi connectivity index (χ2v) is 7.02. The van der Waals surface area contributed by atoms with E-state index in [2.05, 4.69) is 20.2 Å². The molecular weight excluding hydrogens is 292 g/mol. The number of aromatic amines is 1. The summed E-state index contributed by atoms with van der Waals surface area (Å²) in [6.07, 6.45) is 3.32. The lowest BCUT2D eigenvalue weighted by atomic mass is 9.94. The number of sulfonamides is 1. The second-order valence-electron chi connectivity index (χ2n) is 5.36. The Hall–Kier alpha value is -0.960. The number of aromatic nitrogens is 2. The van der Waals surface area contributed by atoms with Crippen LogP contribution in [0.25, 0.3) is 0 Å². The van der Waals surface area contributed by atoms with Gasteiger partial charge < -0.3 is 10.1 Å². The van der Waals surface area contributed by atoms with E-state index in [-0.39, 0.29) is 11.1 Å². The minimum Gasteiger partial charge on any atom is -0.381 e. The fraction of sp³-hybridized carbons (Fsp3) is 0.769. The van der Waals surface area contributed by atoms with Crippen molar-refractivity contribution in [3.63, 3.8) is 0 Å². The summed E-state index contributed by atoms with van der Waals surface area (Å²) in [5, 5.41) is 9.72. The zero-order valence-corrected chi connectivity index (χ0v) is 13.4. The van der Waals surface area contributed by atoms with Gasteiger partial charge in [0.1, 0.15) is 0 Å². The van der Waals surface area contributed by atoms with Gasteiger partial charge >= 0.3 is 0 Å². The van der Waals surface area contributed by atoms with Crippen LogP contribution in [0.1, 0.15) is 32.3 Å². The van der Waals surface area contributed by atoms with Crippen molar-refractivity contribution in [1.82, 2.24) is 20.2 Å². The maximum atomic E-state index is 12.5. The van der Waals surface area contributed by atoms with Crippen LogP contribution in [0.3, 0.4) is 0 Å². The molecule has 2 rings (SSSR count). The van der Waals surface area contributed by atoms with Crippen LogP contribution in [0.15, 0.2) is 11.2 Å². The van der Waals surface area contributed by atoms with Gasteiger partial charge in [-0.15, -0.1) is 0 Å². The third kappa shape index (κ3) is 4.26. The molecule has 1 aliphatic heterocycles. The molecule has 3 N–H and O–H groups in total. The second kappa shape index (κ2) is 7.35. The Bertz CT molecular complexity index is 537. The molecule has 0 spiro atoms. The number of hydrogen-bond acceptors (Lipinski definition) is 5. The summed E-state index contributed by atoms with van der Waals surface area (Å²) in [7, 11) is -3.58. The van der Waals surface area contributed by atoms with Gasteiger partial charge in [0.2, 0.25) is 0 Å². The Morgan fingerprint density at radius 1 is 1.48 bits per heavy atom. The summed E-state index contributed by atoms with van der Waals surface area (Å²) >= 11 is 0. The van der Waals surface area contributed by atoms with E-state index in [9.17, 15) is 8.42 Å². The van der Waals surface area contributed by atoms with Gasteiger partial charge in [-0.2, -0.15) is 5.10 Å². The van der Waals surface area contributed by atoms with E-state index in [1.54, 1.807) is 6.20 Å². The number of H-pyrrole nitrogens is 1. The van der Waals surface area contributed by atoms with Gasteiger partial charge in [0.15, 0.2) is 5.03 Å². The molecule has 1 aromatic heterocycles. The summed E-state index contributed by atoms with van der Waals surface area (Å²) in [6.45, 7) is 6.54. The number of nitrogens with one attached hydrogen (secondary N) is 3. The molecule has 0 aliphatic carbocycles. The van der Waals surface area contributed by atoms with Crippen molar-refractivity contribution in [3.8, 4) is 0 Å². The van der Waals surface area contributed by atoms with Gasteiger partial charge in [-0.1, -0.05) is 6.92 Å². The Balaban J connectivity index is 2.05. The van der Waals surface area contributed by atoms with Crippen LogP contribution in [-0.2, 0) is 21.3 Å². The molecule has 0 bridgehead atoms. The van der Waals surface area contributed by atoms with Gasteiger partial charge in [0, 0.05) is 31.4 Å². The molecule has 1 atom stereocenters. The molecule has 120 valence electrons. The number of hydrogen-bond donors (Lipinski definition) is 3. The highest BCUT2D eigenvalue weighted by molar-refractivity contribution is 7.89. The van der Waals surface area contributed by atoms with Gasteiger partial charge in [0.25, 0.3) is 10.0 Å². The predicted octanol–water partition coefficient (Wildman–Crippen LogP) is 0.613. The summed E-state index contributed by atoms with van der Waals surface area (Å²) in [5.74, 6) is 0.314. The summed E-state index contributed by atoms with van der Waals surface area (Å²) < 4.78 is 33.1. The maximum absolute atomic E-state index is 12.5. The molecule has 1 aliphatic rings. The molecule has 1 saturated heterocycles. The van der Waals surface area contributed by atoms with Gasteiger partial charge in [-0.25, -0.2) is 13.1 Å². The summed E-state index contributed by atoms with van der Waals surface area (Å²) in [5.41, 5.74) is 0.656. The highest BCUT2D eigenvalue weighted by atomic mass is 32.2. The summed E-state index contributed by atoms with van der Waals surface area (Å²) in [4.78, 5) is 0. The predicted molar refractivity (Wildman–Crippen MR) is 79.3 cm³/mol. The van der Waals surface area contributed by atoms with Crippen LogP contribution in [0, 0.1) is 5.92 Å². The highest BCUT2D eigenvalue weighted by Crippen LogP contribution is 2.20. The molecule has 7 nitrogen and oxygen atoms in total. The molecule has 0 amide bonds. The van der Waals surface area contributed by atoms with Crippen molar-refractivity contribution in [3.05, 3.63) is 11.8 Å². The molecule has 1 unspecified atom stereocenters. The average Bonchev–Trinajstić information content (AvgIpc) is 2.95. The first-order valence-electron chi connectivity index (χ1n) is 7.37. The van der Waals surface area contributed by atoms with Crippen molar-refractivity contribution in [2.24, 2.45) is 5.92 Å². The van der Waals surface area contributed by atoms with E-state index in [4.69, 9.17) is 4.74 Å². The van der Waals surface area contributed by atoms with Crippen molar-refractivity contribution in [2.75, 3.05) is 19.8 Å². The van der Waals surface area contributed by atoms with Crippen molar-refractivity contribution >= 4 is 10.0 Å². The van der Waals surface area contributed by atoms with E-state index in [0.717, 1.165) is 19.4 Å². The zero-order valence-electron chi connectivity index (χ0n) is 12.6. The molecule has 0 saturated carbocycles. The molecule has 0 radical (unpaired) electrons. The van der Waals surface area contributed by atoms with Crippen LogP contribution in [-0.4, -0.2) is 44.4 Å².